The maximum atomic E-state index is 5.62. The van der Waals surface area contributed by atoms with Crippen molar-refractivity contribution in [3.63, 3.8) is 0 Å². The maximum absolute atomic E-state index is 5.62. The first-order valence-corrected chi connectivity index (χ1v) is 5.28. The molecule has 6 heteroatoms. The van der Waals surface area contributed by atoms with E-state index < -0.39 is 0 Å². The summed E-state index contributed by atoms with van der Waals surface area (Å²) in [5, 5.41) is 3.80. The summed E-state index contributed by atoms with van der Waals surface area (Å²) in [4.78, 5) is 4.16. The summed E-state index contributed by atoms with van der Waals surface area (Å²) in [7, 11) is 0. The molecule has 2 heterocycles. The third kappa shape index (κ3) is 2.45. The molecule has 0 aliphatic carbocycles. The van der Waals surface area contributed by atoms with E-state index in [1.54, 1.807) is 12.1 Å². The van der Waals surface area contributed by atoms with Crippen molar-refractivity contribution in [2.24, 2.45) is 5.73 Å². The Morgan fingerprint density at radius 3 is 2.93 bits per heavy atom. The fourth-order valence-electron chi connectivity index (χ4n) is 1.15. The van der Waals surface area contributed by atoms with Crippen LogP contribution in [0.4, 0.5) is 0 Å². The highest BCUT2D eigenvalue weighted by Gasteiger charge is 2.12. The van der Waals surface area contributed by atoms with E-state index in [0.717, 1.165) is 0 Å². The molecular formula is C9H10BrN3O2. The van der Waals surface area contributed by atoms with Gasteiger partial charge in [-0.2, -0.15) is 4.98 Å². The molecule has 0 amide bonds. The number of hydrogen-bond acceptors (Lipinski definition) is 5. The predicted molar refractivity (Wildman–Crippen MR) is 57.1 cm³/mol. The van der Waals surface area contributed by atoms with E-state index in [-0.39, 0.29) is 6.04 Å². The quantitative estimate of drug-likeness (QED) is 0.924. The Morgan fingerprint density at radius 2 is 2.33 bits per heavy atom. The zero-order valence-corrected chi connectivity index (χ0v) is 9.69. The minimum absolute atomic E-state index is 0.00152. The third-order valence-corrected chi connectivity index (χ3v) is 2.18. The molecule has 5 nitrogen and oxygen atoms in total. The van der Waals surface area contributed by atoms with Gasteiger partial charge in [-0.25, -0.2) is 0 Å². The van der Waals surface area contributed by atoms with Gasteiger partial charge in [0.2, 0.25) is 11.7 Å². The molecule has 2 aromatic heterocycles. The fourth-order valence-corrected chi connectivity index (χ4v) is 1.45. The Morgan fingerprint density at radius 1 is 1.53 bits per heavy atom. The number of halogens is 1. The van der Waals surface area contributed by atoms with Gasteiger partial charge in [0.1, 0.15) is 0 Å². The van der Waals surface area contributed by atoms with Gasteiger partial charge in [-0.3, -0.25) is 0 Å². The van der Waals surface area contributed by atoms with E-state index in [1.165, 1.54) is 0 Å². The summed E-state index contributed by atoms with van der Waals surface area (Å²) in [6, 6.07) is 3.54. The van der Waals surface area contributed by atoms with Crippen molar-refractivity contribution in [2.75, 3.05) is 0 Å². The lowest BCUT2D eigenvalue weighted by Gasteiger charge is -1.96. The number of nitrogens with two attached hydrogens (primary N) is 1. The number of rotatable bonds is 3. The van der Waals surface area contributed by atoms with E-state index in [4.69, 9.17) is 14.7 Å². The second-order valence-electron chi connectivity index (χ2n) is 3.30. The standard InChI is InChI=1S/C9H10BrN3O2/c1-5(11)4-8-12-9(13-15-8)6-2-3-7(10)14-6/h2-3,5H,4,11H2,1H3. The number of hydrogen-bond donors (Lipinski definition) is 1. The molecule has 0 fully saturated rings. The van der Waals surface area contributed by atoms with Crippen molar-refractivity contribution in [1.29, 1.82) is 0 Å². The minimum Gasteiger partial charge on any atom is -0.446 e. The van der Waals surface area contributed by atoms with Crippen LogP contribution in [-0.4, -0.2) is 16.2 Å². The highest BCUT2D eigenvalue weighted by Crippen LogP contribution is 2.22. The molecule has 1 unspecified atom stereocenters. The molecule has 0 radical (unpaired) electrons. The predicted octanol–water partition coefficient (Wildman–Crippen LogP) is 1.98. The van der Waals surface area contributed by atoms with E-state index in [0.29, 0.717) is 28.6 Å². The van der Waals surface area contributed by atoms with Gasteiger partial charge >= 0.3 is 0 Å². The van der Waals surface area contributed by atoms with Gasteiger partial charge in [-0.15, -0.1) is 0 Å². The molecule has 0 saturated carbocycles. The summed E-state index contributed by atoms with van der Waals surface area (Å²) in [5.41, 5.74) is 5.62. The Bertz CT molecular complexity index is 450. The second-order valence-corrected chi connectivity index (χ2v) is 4.08. The number of furan rings is 1. The van der Waals surface area contributed by atoms with Crippen LogP contribution in [0.15, 0.2) is 25.7 Å². The zero-order valence-electron chi connectivity index (χ0n) is 8.11. The minimum atomic E-state index is 0.00152. The molecule has 0 aromatic carbocycles. The molecule has 2 aromatic rings. The van der Waals surface area contributed by atoms with E-state index >= 15 is 0 Å². The lowest BCUT2D eigenvalue weighted by molar-refractivity contribution is 0.370. The molecular weight excluding hydrogens is 262 g/mol. The molecule has 0 spiro atoms. The number of aromatic nitrogens is 2. The van der Waals surface area contributed by atoms with Gasteiger partial charge in [0.15, 0.2) is 10.4 Å². The van der Waals surface area contributed by atoms with Crippen LogP contribution in [0, 0.1) is 0 Å². The first-order chi connectivity index (χ1) is 7.15. The highest BCUT2D eigenvalue weighted by molar-refractivity contribution is 9.10. The summed E-state index contributed by atoms with van der Waals surface area (Å²) in [6.07, 6.45) is 0.564. The summed E-state index contributed by atoms with van der Waals surface area (Å²) >= 11 is 3.20. The Hall–Kier alpha value is -1.14. The van der Waals surface area contributed by atoms with Gasteiger partial charge in [0.25, 0.3) is 0 Å². The molecule has 2 N–H and O–H groups in total. The normalized spacial score (nSPS) is 13.0. The largest absolute Gasteiger partial charge is 0.446 e. The molecule has 0 aliphatic rings. The molecule has 1 atom stereocenters. The van der Waals surface area contributed by atoms with Crippen LogP contribution in [-0.2, 0) is 6.42 Å². The zero-order chi connectivity index (χ0) is 10.8. The maximum Gasteiger partial charge on any atom is 0.238 e. The van der Waals surface area contributed by atoms with Crippen molar-refractivity contribution >= 4 is 15.9 Å². The van der Waals surface area contributed by atoms with Crippen LogP contribution in [0.25, 0.3) is 11.6 Å². The average molecular weight is 272 g/mol. The van der Waals surface area contributed by atoms with Gasteiger partial charge in [-0.05, 0) is 35.0 Å². The van der Waals surface area contributed by atoms with Crippen LogP contribution >= 0.6 is 15.9 Å². The molecule has 0 aliphatic heterocycles. The van der Waals surface area contributed by atoms with Crippen molar-refractivity contribution in [2.45, 2.75) is 19.4 Å². The lowest BCUT2D eigenvalue weighted by atomic mass is 10.2. The molecule has 0 saturated heterocycles. The lowest BCUT2D eigenvalue weighted by Crippen LogP contribution is -2.17. The van der Waals surface area contributed by atoms with Crippen LogP contribution < -0.4 is 5.73 Å². The second kappa shape index (κ2) is 4.16. The SMILES string of the molecule is CC(N)Cc1nc(-c2ccc(Br)o2)no1. The smallest absolute Gasteiger partial charge is 0.238 e. The molecule has 2 rings (SSSR count). The summed E-state index contributed by atoms with van der Waals surface area (Å²) in [5.74, 6) is 1.53. The molecule has 15 heavy (non-hydrogen) atoms. The van der Waals surface area contributed by atoms with Crippen LogP contribution in [0.3, 0.4) is 0 Å². The fraction of sp³-hybridized carbons (Fsp3) is 0.333. The summed E-state index contributed by atoms with van der Waals surface area (Å²) in [6.45, 7) is 1.88. The van der Waals surface area contributed by atoms with Crippen molar-refractivity contribution in [3.05, 3.63) is 22.7 Å². The van der Waals surface area contributed by atoms with Gasteiger partial charge in [-0.1, -0.05) is 5.16 Å². The first-order valence-electron chi connectivity index (χ1n) is 4.49. The van der Waals surface area contributed by atoms with Gasteiger partial charge < -0.3 is 14.7 Å². The topological polar surface area (TPSA) is 78.1 Å². The molecule has 80 valence electrons. The summed E-state index contributed by atoms with van der Waals surface area (Å²) < 4.78 is 10.9. The average Bonchev–Trinajstić information content (AvgIpc) is 2.72. The third-order valence-electron chi connectivity index (χ3n) is 1.76. The van der Waals surface area contributed by atoms with Gasteiger partial charge in [0.05, 0.1) is 0 Å². The van der Waals surface area contributed by atoms with E-state index in [1.807, 2.05) is 6.92 Å². The van der Waals surface area contributed by atoms with Crippen LogP contribution in [0.1, 0.15) is 12.8 Å². The van der Waals surface area contributed by atoms with Crippen molar-refractivity contribution in [1.82, 2.24) is 10.1 Å². The van der Waals surface area contributed by atoms with Crippen LogP contribution in [0.2, 0.25) is 0 Å². The Balaban J connectivity index is 2.20. The first kappa shape index (κ1) is 10.4. The van der Waals surface area contributed by atoms with E-state index in [2.05, 4.69) is 26.1 Å². The van der Waals surface area contributed by atoms with Crippen molar-refractivity contribution < 1.29 is 8.94 Å². The van der Waals surface area contributed by atoms with Crippen molar-refractivity contribution in [3.8, 4) is 11.6 Å². The Kier molecular flexibility index (Phi) is 2.88. The van der Waals surface area contributed by atoms with Crippen LogP contribution in [0.5, 0.6) is 0 Å². The van der Waals surface area contributed by atoms with Gasteiger partial charge in [0, 0.05) is 12.5 Å². The Labute approximate surface area is 94.8 Å². The highest BCUT2D eigenvalue weighted by atomic mass is 79.9. The monoisotopic (exact) mass is 271 g/mol. The number of nitrogens with zero attached hydrogens (tertiary/aromatic N) is 2. The van der Waals surface area contributed by atoms with E-state index in [9.17, 15) is 0 Å². The molecule has 0 bridgehead atoms.